The van der Waals surface area contributed by atoms with E-state index in [9.17, 15) is 9.59 Å². The molecular formula is C22H24Cl2N2O3. The smallest absolute Gasteiger partial charge is 0.252 e. The highest BCUT2D eigenvalue weighted by Gasteiger charge is 2.28. The van der Waals surface area contributed by atoms with Crippen LogP contribution >= 0.6 is 23.2 Å². The molecule has 1 saturated heterocycles. The minimum absolute atomic E-state index is 0.00467. The number of hydroxylamine groups is 2. The van der Waals surface area contributed by atoms with Crippen molar-refractivity contribution in [3.05, 3.63) is 63.6 Å². The zero-order valence-electron chi connectivity index (χ0n) is 16.5. The third-order valence-electron chi connectivity index (χ3n) is 5.05. The maximum absolute atomic E-state index is 12.2. The maximum atomic E-state index is 12.2. The number of hydrogen-bond donors (Lipinski definition) is 0. The highest BCUT2D eigenvalue weighted by molar-refractivity contribution is 6.42. The lowest BCUT2D eigenvalue weighted by molar-refractivity contribution is -0.166. The van der Waals surface area contributed by atoms with Crippen molar-refractivity contribution in [2.45, 2.75) is 39.3 Å². The van der Waals surface area contributed by atoms with E-state index in [0.29, 0.717) is 21.4 Å². The van der Waals surface area contributed by atoms with Gasteiger partial charge in [0.25, 0.3) is 5.91 Å². The molecule has 0 unspecified atom stereocenters. The Morgan fingerprint density at radius 1 is 1.03 bits per heavy atom. The van der Waals surface area contributed by atoms with Gasteiger partial charge in [0, 0.05) is 32.1 Å². The molecule has 0 radical (unpaired) electrons. The van der Waals surface area contributed by atoms with Gasteiger partial charge >= 0.3 is 0 Å². The number of Topliss-reactive ketones (excluding diaryl/α,β-unsaturated/α-hetero) is 1. The van der Waals surface area contributed by atoms with Crippen molar-refractivity contribution in [1.29, 1.82) is 0 Å². The van der Waals surface area contributed by atoms with Crippen molar-refractivity contribution in [3.8, 4) is 5.75 Å². The standard InChI is InChI=1S/C22H24Cl2N2O3/c1-15(27)18-4-6-20(7-5-18)29-26(16(2)28)19-9-11-25(12-10-19)14-17-3-8-21(23)22(24)13-17/h3-8,13,19H,9-12,14H2,1-2H3. The minimum Gasteiger partial charge on any atom is -0.377 e. The normalized spacial score (nSPS) is 15.2. The molecule has 1 heterocycles. The summed E-state index contributed by atoms with van der Waals surface area (Å²) < 4.78 is 0. The lowest BCUT2D eigenvalue weighted by atomic mass is 10.0. The van der Waals surface area contributed by atoms with Crippen molar-refractivity contribution < 1.29 is 14.4 Å². The number of amides is 1. The lowest BCUT2D eigenvalue weighted by Gasteiger charge is -2.37. The molecule has 0 saturated carbocycles. The number of piperidine rings is 1. The van der Waals surface area contributed by atoms with Crippen LogP contribution in [0.1, 0.15) is 42.6 Å². The molecular weight excluding hydrogens is 411 g/mol. The molecule has 0 spiro atoms. The summed E-state index contributed by atoms with van der Waals surface area (Å²) in [4.78, 5) is 31.8. The average molecular weight is 435 g/mol. The number of carbonyl (C=O) groups excluding carboxylic acids is 2. The zero-order chi connectivity index (χ0) is 21.0. The second-order valence-corrected chi connectivity index (χ2v) is 8.09. The Bertz CT molecular complexity index is 878. The average Bonchev–Trinajstić information content (AvgIpc) is 2.70. The predicted molar refractivity (Wildman–Crippen MR) is 114 cm³/mol. The van der Waals surface area contributed by atoms with Gasteiger partial charge in [-0.15, -0.1) is 0 Å². The number of hydrogen-bond acceptors (Lipinski definition) is 4. The van der Waals surface area contributed by atoms with E-state index in [1.807, 2.05) is 18.2 Å². The summed E-state index contributed by atoms with van der Waals surface area (Å²) >= 11 is 12.1. The highest BCUT2D eigenvalue weighted by Crippen LogP contribution is 2.25. The Hall–Kier alpha value is -2.08. The molecule has 0 atom stereocenters. The number of carbonyl (C=O) groups is 2. The van der Waals surface area contributed by atoms with Crippen LogP contribution in [-0.4, -0.2) is 40.8 Å². The van der Waals surface area contributed by atoms with E-state index in [1.54, 1.807) is 24.3 Å². The molecule has 0 aliphatic carbocycles. The third-order valence-corrected chi connectivity index (χ3v) is 5.79. The van der Waals surface area contributed by atoms with Gasteiger partial charge in [-0.1, -0.05) is 29.3 Å². The van der Waals surface area contributed by atoms with E-state index in [1.165, 1.54) is 18.9 Å². The Kier molecular flexibility index (Phi) is 7.17. The molecule has 29 heavy (non-hydrogen) atoms. The maximum Gasteiger partial charge on any atom is 0.252 e. The van der Waals surface area contributed by atoms with E-state index >= 15 is 0 Å². The molecule has 7 heteroatoms. The molecule has 0 N–H and O–H groups in total. The largest absolute Gasteiger partial charge is 0.377 e. The van der Waals surface area contributed by atoms with Crippen molar-refractivity contribution in [1.82, 2.24) is 9.96 Å². The lowest BCUT2D eigenvalue weighted by Crippen LogP contribution is -2.48. The van der Waals surface area contributed by atoms with Crippen LogP contribution in [0.15, 0.2) is 42.5 Å². The fraction of sp³-hybridized carbons (Fsp3) is 0.364. The molecule has 154 valence electrons. The van der Waals surface area contributed by atoms with Crippen LogP contribution in [0.2, 0.25) is 10.0 Å². The third kappa shape index (κ3) is 5.72. The first-order chi connectivity index (χ1) is 13.8. The van der Waals surface area contributed by atoms with Gasteiger partial charge in [0.15, 0.2) is 11.5 Å². The summed E-state index contributed by atoms with van der Waals surface area (Å²) in [7, 11) is 0. The van der Waals surface area contributed by atoms with Gasteiger partial charge in [-0.05, 0) is 61.7 Å². The monoisotopic (exact) mass is 434 g/mol. The quantitative estimate of drug-likeness (QED) is 0.473. The summed E-state index contributed by atoms with van der Waals surface area (Å²) in [6.07, 6.45) is 1.62. The van der Waals surface area contributed by atoms with Crippen molar-refractivity contribution in [2.75, 3.05) is 13.1 Å². The minimum atomic E-state index is -0.136. The molecule has 3 rings (SSSR count). The van der Waals surface area contributed by atoms with Gasteiger partial charge in [0.1, 0.15) is 0 Å². The zero-order valence-corrected chi connectivity index (χ0v) is 18.0. The number of benzene rings is 2. The summed E-state index contributed by atoms with van der Waals surface area (Å²) in [6, 6.07) is 12.5. The topological polar surface area (TPSA) is 49.9 Å². The Labute approximate surface area is 181 Å². The van der Waals surface area contributed by atoms with Crippen LogP contribution in [-0.2, 0) is 11.3 Å². The molecule has 0 aromatic heterocycles. The SMILES string of the molecule is CC(=O)c1ccc(ON(C(C)=O)C2CCN(Cc3ccc(Cl)c(Cl)c3)CC2)cc1. The molecule has 1 amide bonds. The second-order valence-electron chi connectivity index (χ2n) is 7.27. The number of ketones is 1. The van der Waals surface area contributed by atoms with E-state index in [4.69, 9.17) is 28.0 Å². The van der Waals surface area contributed by atoms with Crippen LogP contribution in [0, 0.1) is 0 Å². The van der Waals surface area contributed by atoms with Crippen molar-refractivity contribution in [3.63, 3.8) is 0 Å². The Morgan fingerprint density at radius 2 is 1.69 bits per heavy atom. The van der Waals surface area contributed by atoms with Gasteiger partial charge in [0.2, 0.25) is 0 Å². The van der Waals surface area contributed by atoms with E-state index in [2.05, 4.69) is 4.90 Å². The fourth-order valence-corrected chi connectivity index (χ4v) is 3.79. The molecule has 0 bridgehead atoms. The number of likely N-dealkylation sites (tertiary alicyclic amines) is 1. The number of nitrogens with zero attached hydrogens (tertiary/aromatic N) is 2. The summed E-state index contributed by atoms with van der Waals surface area (Å²) in [6.45, 7) is 5.51. The number of halogens is 2. The van der Waals surface area contributed by atoms with Gasteiger partial charge in [-0.25, -0.2) is 0 Å². The first-order valence-electron chi connectivity index (χ1n) is 9.58. The summed E-state index contributed by atoms with van der Waals surface area (Å²) in [5.41, 5.74) is 1.73. The summed E-state index contributed by atoms with van der Waals surface area (Å²) in [5, 5.41) is 2.57. The van der Waals surface area contributed by atoms with Crippen LogP contribution in [0.5, 0.6) is 5.75 Å². The van der Waals surface area contributed by atoms with Crippen molar-refractivity contribution in [2.24, 2.45) is 0 Å². The van der Waals surface area contributed by atoms with Crippen LogP contribution in [0.3, 0.4) is 0 Å². The van der Waals surface area contributed by atoms with E-state index in [-0.39, 0.29) is 17.7 Å². The molecule has 1 fully saturated rings. The van der Waals surface area contributed by atoms with Crippen LogP contribution in [0.25, 0.3) is 0 Å². The highest BCUT2D eigenvalue weighted by atomic mass is 35.5. The van der Waals surface area contributed by atoms with Crippen LogP contribution in [0.4, 0.5) is 0 Å². The van der Waals surface area contributed by atoms with Gasteiger partial charge in [0.05, 0.1) is 16.1 Å². The first kappa shape index (κ1) is 21.6. The number of rotatable bonds is 6. The predicted octanol–water partition coefficient (Wildman–Crippen LogP) is 5.00. The van der Waals surface area contributed by atoms with Gasteiger partial charge < -0.3 is 4.84 Å². The van der Waals surface area contributed by atoms with Crippen molar-refractivity contribution >= 4 is 34.9 Å². The molecule has 1 aliphatic rings. The second kappa shape index (κ2) is 9.61. The first-order valence-corrected chi connectivity index (χ1v) is 10.3. The van der Waals surface area contributed by atoms with Gasteiger partial charge in [-0.3, -0.25) is 14.5 Å². The fourth-order valence-electron chi connectivity index (χ4n) is 3.47. The van der Waals surface area contributed by atoms with E-state index in [0.717, 1.165) is 38.0 Å². The summed E-state index contributed by atoms with van der Waals surface area (Å²) in [5.74, 6) is 0.404. The van der Waals surface area contributed by atoms with E-state index < -0.39 is 0 Å². The molecule has 1 aliphatic heterocycles. The Balaban J connectivity index is 1.58. The van der Waals surface area contributed by atoms with Crippen LogP contribution < -0.4 is 4.84 Å². The Morgan fingerprint density at radius 3 is 2.24 bits per heavy atom. The molecule has 2 aromatic rings. The molecule has 5 nitrogen and oxygen atoms in total. The van der Waals surface area contributed by atoms with Gasteiger partial charge in [-0.2, -0.15) is 5.06 Å². The molecule has 2 aromatic carbocycles.